The third kappa shape index (κ3) is 3.59. The second-order valence-corrected chi connectivity index (χ2v) is 9.23. The van der Waals surface area contributed by atoms with Crippen molar-refractivity contribution in [1.82, 2.24) is 25.0 Å². The summed E-state index contributed by atoms with van der Waals surface area (Å²) in [4.78, 5) is 18.9. The third-order valence-electron chi connectivity index (χ3n) is 5.48. The zero-order valence-electron chi connectivity index (χ0n) is 18.2. The number of aromatic nitrogens is 5. The molecule has 3 aromatic heterocycles. The van der Waals surface area contributed by atoms with E-state index in [9.17, 15) is 9.18 Å². The lowest BCUT2D eigenvalue weighted by molar-refractivity contribution is 0.257. The Morgan fingerprint density at radius 3 is 2.91 bits per heavy atom. The number of halogens is 1. The molecule has 1 aliphatic heterocycles. The van der Waals surface area contributed by atoms with Crippen molar-refractivity contribution in [3.63, 3.8) is 0 Å². The number of urea groups is 1. The van der Waals surface area contributed by atoms with E-state index in [-0.39, 0.29) is 5.41 Å². The van der Waals surface area contributed by atoms with Crippen LogP contribution in [0.5, 0.6) is 0 Å². The van der Waals surface area contributed by atoms with Gasteiger partial charge in [0.15, 0.2) is 0 Å². The van der Waals surface area contributed by atoms with E-state index in [0.29, 0.717) is 35.7 Å². The molecule has 0 aliphatic carbocycles. The molecule has 9 heteroatoms. The van der Waals surface area contributed by atoms with Gasteiger partial charge in [-0.15, -0.1) is 0 Å². The zero-order valence-corrected chi connectivity index (χ0v) is 18.2. The highest BCUT2D eigenvalue weighted by molar-refractivity contribution is 6.04. The largest absolute Gasteiger partial charge is 0.326 e. The number of hydrogen-bond acceptors (Lipinski definition) is 4. The first-order valence-corrected chi connectivity index (χ1v) is 10.5. The number of rotatable bonds is 3. The minimum Gasteiger partial charge on any atom is -0.304 e. The molecule has 2 amide bonds. The van der Waals surface area contributed by atoms with Crippen molar-refractivity contribution in [2.45, 2.75) is 33.7 Å². The number of carbonyl (C=O) groups excluding carboxylic acids is 1. The molecule has 0 bridgehead atoms. The Balaban J connectivity index is 1.44. The van der Waals surface area contributed by atoms with Crippen LogP contribution < -0.4 is 10.2 Å². The van der Waals surface area contributed by atoms with Gasteiger partial charge in [-0.2, -0.15) is 10.2 Å². The molecule has 164 valence electrons. The molecule has 1 aromatic carbocycles. The summed E-state index contributed by atoms with van der Waals surface area (Å²) < 4.78 is 16.3. The van der Waals surface area contributed by atoms with Gasteiger partial charge in [-0.05, 0) is 29.5 Å². The first-order chi connectivity index (χ1) is 15.3. The van der Waals surface area contributed by atoms with Crippen LogP contribution >= 0.6 is 0 Å². The van der Waals surface area contributed by atoms with E-state index in [2.05, 4.69) is 46.4 Å². The highest BCUT2D eigenvalue weighted by Gasteiger charge is 2.28. The normalized spacial score (nSPS) is 13.6. The number of hydrogen-bond donors (Lipinski definition) is 2. The van der Waals surface area contributed by atoms with E-state index in [0.717, 1.165) is 23.0 Å². The molecular weight excluding hydrogens is 409 g/mol. The number of carbonyl (C=O) groups is 1. The summed E-state index contributed by atoms with van der Waals surface area (Å²) in [5, 5.41) is 15.3. The Kier molecular flexibility index (Phi) is 4.69. The molecule has 0 fully saturated rings. The number of amides is 2. The summed E-state index contributed by atoms with van der Waals surface area (Å²) >= 11 is 0. The van der Waals surface area contributed by atoms with Crippen molar-refractivity contribution < 1.29 is 9.18 Å². The lowest BCUT2D eigenvalue weighted by Gasteiger charge is -2.19. The summed E-state index contributed by atoms with van der Waals surface area (Å²) in [6.07, 6.45) is 5.71. The van der Waals surface area contributed by atoms with E-state index >= 15 is 0 Å². The molecule has 0 radical (unpaired) electrons. The van der Waals surface area contributed by atoms with Gasteiger partial charge in [-0.25, -0.2) is 9.18 Å². The summed E-state index contributed by atoms with van der Waals surface area (Å²) in [5.41, 5.74) is 3.87. The van der Waals surface area contributed by atoms with Crippen LogP contribution in [-0.4, -0.2) is 37.5 Å². The van der Waals surface area contributed by atoms with Crippen molar-refractivity contribution in [2.24, 2.45) is 5.41 Å². The van der Waals surface area contributed by atoms with Crippen LogP contribution in [0.25, 0.3) is 22.3 Å². The fourth-order valence-electron chi connectivity index (χ4n) is 4.05. The quantitative estimate of drug-likeness (QED) is 0.494. The summed E-state index contributed by atoms with van der Waals surface area (Å²) in [5.74, 6) is -0.401. The Morgan fingerprint density at radius 2 is 2.09 bits per heavy atom. The molecular formula is C23H24FN7O. The monoisotopic (exact) mass is 433 g/mol. The van der Waals surface area contributed by atoms with Crippen LogP contribution in [0.4, 0.5) is 20.6 Å². The highest BCUT2D eigenvalue weighted by atomic mass is 19.1. The van der Waals surface area contributed by atoms with Crippen molar-refractivity contribution in [1.29, 1.82) is 0 Å². The van der Waals surface area contributed by atoms with Crippen molar-refractivity contribution in [3.05, 3.63) is 54.2 Å². The molecule has 0 unspecified atom stereocenters. The lowest BCUT2D eigenvalue weighted by atomic mass is 9.97. The fourth-order valence-corrected chi connectivity index (χ4v) is 4.05. The highest BCUT2D eigenvalue weighted by Crippen LogP contribution is 2.32. The van der Waals surface area contributed by atoms with Crippen LogP contribution in [0.2, 0.25) is 0 Å². The van der Waals surface area contributed by atoms with E-state index in [4.69, 9.17) is 0 Å². The zero-order chi connectivity index (χ0) is 22.5. The summed E-state index contributed by atoms with van der Waals surface area (Å²) in [7, 11) is 0. The Hall–Kier alpha value is -3.75. The Labute approximate surface area is 184 Å². The minimum atomic E-state index is -0.407. The maximum absolute atomic E-state index is 14.3. The second kappa shape index (κ2) is 7.44. The first kappa shape index (κ1) is 20.2. The molecule has 1 aliphatic rings. The smallest absolute Gasteiger partial charge is 0.304 e. The van der Waals surface area contributed by atoms with Gasteiger partial charge in [0.25, 0.3) is 0 Å². The average molecular weight is 433 g/mol. The van der Waals surface area contributed by atoms with Crippen molar-refractivity contribution in [2.75, 3.05) is 16.8 Å². The van der Waals surface area contributed by atoms with Crippen LogP contribution in [-0.2, 0) is 13.0 Å². The number of nitrogens with zero attached hydrogens (tertiary/aromatic N) is 5. The molecule has 4 heterocycles. The van der Waals surface area contributed by atoms with Gasteiger partial charge in [-0.1, -0.05) is 32.9 Å². The van der Waals surface area contributed by atoms with Crippen molar-refractivity contribution >= 4 is 28.3 Å². The molecule has 0 atom stereocenters. The molecule has 0 saturated heterocycles. The number of fused-ring (bicyclic) bond motifs is 2. The third-order valence-corrected chi connectivity index (χ3v) is 5.48. The minimum absolute atomic E-state index is 0.0663. The van der Waals surface area contributed by atoms with Crippen LogP contribution in [0.1, 0.15) is 26.3 Å². The van der Waals surface area contributed by atoms with E-state index in [1.165, 1.54) is 17.2 Å². The Morgan fingerprint density at radius 1 is 1.25 bits per heavy atom. The Bertz CT molecular complexity index is 1320. The van der Waals surface area contributed by atoms with Crippen molar-refractivity contribution in [3.8, 4) is 11.4 Å². The van der Waals surface area contributed by atoms with Gasteiger partial charge in [0.05, 0.1) is 35.0 Å². The van der Waals surface area contributed by atoms with Gasteiger partial charge in [0.1, 0.15) is 11.5 Å². The average Bonchev–Trinajstić information content (AvgIpc) is 3.46. The molecule has 2 N–H and O–H groups in total. The topological polar surface area (TPSA) is 91.7 Å². The molecule has 5 rings (SSSR count). The molecule has 0 spiro atoms. The van der Waals surface area contributed by atoms with E-state index < -0.39 is 11.8 Å². The van der Waals surface area contributed by atoms with E-state index in [1.807, 2.05) is 16.8 Å². The standard InChI is InChI=1S/C23H24FN7O/c1-23(2,3)13-31-19-9-17(25-10-15(19)11-27-31)20-18(12-26-29-20)28-22(32)30-8-7-14-5-4-6-16(24)21(14)30/h4-6,9-12H,7-8,13H2,1-3H3,(H,26,29)(H,28,32). The molecule has 8 nitrogen and oxygen atoms in total. The van der Waals surface area contributed by atoms with Gasteiger partial charge in [-0.3, -0.25) is 19.7 Å². The van der Waals surface area contributed by atoms with Crippen LogP contribution in [0.3, 0.4) is 0 Å². The maximum atomic E-state index is 14.3. The van der Waals surface area contributed by atoms with Crippen LogP contribution in [0, 0.1) is 11.2 Å². The maximum Gasteiger partial charge on any atom is 0.326 e. The van der Waals surface area contributed by atoms with Crippen LogP contribution in [0.15, 0.2) is 42.9 Å². The SMILES string of the molecule is CC(C)(C)Cn1ncc2cnc(-c3[nH]ncc3NC(=O)N3CCc4cccc(F)c43)cc21. The number of benzene rings is 1. The van der Waals surface area contributed by atoms with Gasteiger partial charge in [0.2, 0.25) is 0 Å². The fraction of sp³-hybridized carbons (Fsp3) is 0.304. The predicted octanol–water partition coefficient (Wildman–Crippen LogP) is 4.60. The molecule has 32 heavy (non-hydrogen) atoms. The summed E-state index contributed by atoms with van der Waals surface area (Å²) in [6, 6.07) is 6.40. The number of pyridine rings is 1. The van der Waals surface area contributed by atoms with Gasteiger partial charge >= 0.3 is 6.03 Å². The number of para-hydroxylation sites is 1. The van der Waals surface area contributed by atoms with Gasteiger partial charge < -0.3 is 5.32 Å². The number of aromatic amines is 1. The molecule has 4 aromatic rings. The molecule has 0 saturated carbocycles. The number of nitrogens with one attached hydrogen (secondary N) is 2. The number of H-pyrrole nitrogens is 1. The second-order valence-electron chi connectivity index (χ2n) is 9.23. The van der Waals surface area contributed by atoms with Gasteiger partial charge in [0, 0.05) is 24.7 Å². The van der Waals surface area contributed by atoms with E-state index in [1.54, 1.807) is 18.5 Å². The lowest BCUT2D eigenvalue weighted by Crippen LogP contribution is -2.33. The first-order valence-electron chi connectivity index (χ1n) is 10.5. The predicted molar refractivity (Wildman–Crippen MR) is 121 cm³/mol. The summed E-state index contributed by atoms with van der Waals surface area (Å²) in [6.45, 7) is 7.65. The number of anilines is 2.